The first kappa shape index (κ1) is 21.5. The molecule has 0 fully saturated rings. The van der Waals surface area contributed by atoms with E-state index in [1.54, 1.807) is 25.5 Å². The molecule has 0 aliphatic rings. The lowest BCUT2D eigenvalue weighted by Gasteiger charge is -2.21. The zero-order valence-electron chi connectivity index (χ0n) is 18.7. The summed E-state index contributed by atoms with van der Waals surface area (Å²) in [6.07, 6.45) is 2.17. The first-order valence-electron chi connectivity index (χ1n) is 10.1. The summed E-state index contributed by atoms with van der Waals surface area (Å²) in [4.78, 5) is 44.0. The third-order valence-corrected chi connectivity index (χ3v) is 5.42. The number of hydrogen-bond acceptors (Lipinski definition) is 4. The minimum absolute atomic E-state index is 0.0521. The molecule has 3 aromatic rings. The summed E-state index contributed by atoms with van der Waals surface area (Å²) in [6, 6.07) is 4.18. The highest BCUT2D eigenvalue weighted by atomic mass is 16.2. The van der Waals surface area contributed by atoms with Gasteiger partial charge in [0.2, 0.25) is 17.8 Å². The minimum Gasteiger partial charge on any atom is -0.335 e. The summed E-state index contributed by atoms with van der Waals surface area (Å²) >= 11 is 0. The van der Waals surface area contributed by atoms with Crippen LogP contribution in [0.3, 0.4) is 0 Å². The van der Waals surface area contributed by atoms with Crippen LogP contribution in [0.15, 0.2) is 23.1 Å². The van der Waals surface area contributed by atoms with Crippen LogP contribution in [0.5, 0.6) is 0 Å². The van der Waals surface area contributed by atoms with Crippen LogP contribution in [-0.2, 0) is 23.7 Å². The van der Waals surface area contributed by atoms with Crippen molar-refractivity contribution in [3.63, 3.8) is 0 Å². The summed E-state index contributed by atoms with van der Waals surface area (Å²) in [5.41, 5.74) is 5.28. The molecular formula is C23H28N4O3. The van der Waals surface area contributed by atoms with Crippen molar-refractivity contribution < 1.29 is 9.59 Å². The number of aromatic nitrogens is 3. The summed E-state index contributed by atoms with van der Waals surface area (Å²) in [7, 11) is 3.36. The van der Waals surface area contributed by atoms with Crippen LogP contribution in [0.25, 0.3) is 22.2 Å². The largest absolute Gasteiger partial charge is 0.335 e. The highest BCUT2D eigenvalue weighted by Crippen LogP contribution is 2.33. The van der Waals surface area contributed by atoms with Crippen LogP contribution in [0.4, 0.5) is 5.95 Å². The predicted octanol–water partition coefficient (Wildman–Crippen LogP) is 3.54. The summed E-state index contributed by atoms with van der Waals surface area (Å²) in [6.45, 7) is 9.46. The lowest BCUT2D eigenvalue weighted by atomic mass is 9.94. The van der Waals surface area contributed by atoms with Crippen molar-refractivity contribution in [2.24, 2.45) is 14.1 Å². The molecule has 0 atom stereocenters. The number of carbonyl (C=O) groups is 2. The normalized spacial score (nSPS) is 11.2. The second-order valence-corrected chi connectivity index (χ2v) is 7.73. The molecule has 0 aliphatic heterocycles. The number of nitrogens with zero attached hydrogens (tertiary/aromatic N) is 4. The number of imide groups is 1. The molecule has 0 N–H and O–H groups in total. The van der Waals surface area contributed by atoms with Gasteiger partial charge in [-0.15, -0.1) is 0 Å². The number of fused-ring (bicyclic) bond motifs is 1. The van der Waals surface area contributed by atoms with Crippen LogP contribution in [0.2, 0.25) is 0 Å². The lowest BCUT2D eigenvalue weighted by Crippen LogP contribution is -2.40. The molecule has 0 unspecified atom stereocenters. The zero-order chi connectivity index (χ0) is 22.3. The first-order valence-corrected chi connectivity index (χ1v) is 10.1. The highest BCUT2D eigenvalue weighted by Gasteiger charge is 2.27. The fraction of sp³-hybridized carbons (Fsp3) is 0.391. The van der Waals surface area contributed by atoms with Gasteiger partial charge < -0.3 is 4.57 Å². The Labute approximate surface area is 175 Å². The predicted molar refractivity (Wildman–Crippen MR) is 119 cm³/mol. The minimum atomic E-state index is -0.386. The van der Waals surface area contributed by atoms with Gasteiger partial charge in [0.25, 0.3) is 5.56 Å². The van der Waals surface area contributed by atoms with E-state index in [1.165, 1.54) is 4.57 Å². The second kappa shape index (κ2) is 7.89. The van der Waals surface area contributed by atoms with Gasteiger partial charge in [0.15, 0.2) is 0 Å². The Bertz CT molecular complexity index is 1190. The third-order valence-electron chi connectivity index (χ3n) is 5.42. The number of aryl methyl sites for hydroxylation is 4. The Kier molecular flexibility index (Phi) is 5.65. The van der Waals surface area contributed by atoms with Crippen LogP contribution in [0.1, 0.15) is 43.4 Å². The van der Waals surface area contributed by atoms with E-state index in [1.807, 2.05) is 34.0 Å². The molecule has 3 rings (SSSR count). The van der Waals surface area contributed by atoms with Gasteiger partial charge in [-0.05, 0) is 37.5 Å². The van der Waals surface area contributed by atoms with E-state index >= 15 is 0 Å². The van der Waals surface area contributed by atoms with E-state index in [0.717, 1.165) is 32.7 Å². The highest BCUT2D eigenvalue weighted by molar-refractivity contribution is 6.14. The Balaban J connectivity index is 2.37. The van der Waals surface area contributed by atoms with Crippen molar-refractivity contribution in [3.8, 4) is 11.1 Å². The lowest BCUT2D eigenvalue weighted by molar-refractivity contribution is -0.126. The maximum Gasteiger partial charge on any atom is 0.264 e. The van der Waals surface area contributed by atoms with Crippen LogP contribution >= 0.6 is 0 Å². The van der Waals surface area contributed by atoms with Gasteiger partial charge in [0.1, 0.15) is 5.65 Å². The van der Waals surface area contributed by atoms with Gasteiger partial charge in [-0.1, -0.05) is 31.5 Å². The Morgan fingerprint density at radius 3 is 2.03 bits per heavy atom. The maximum absolute atomic E-state index is 13.4. The van der Waals surface area contributed by atoms with Crippen LogP contribution in [0, 0.1) is 20.8 Å². The second-order valence-electron chi connectivity index (χ2n) is 7.73. The molecule has 0 aliphatic carbocycles. The number of benzene rings is 1. The molecular weight excluding hydrogens is 380 g/mol. The van der Waals surface area contributed by atoms with Gasteiger partial charge in [-0.3, -0.25) is 19.0 Å². The van der Waals surface area contributed by atoms with E-state index in [-0.39, 0.29) is 36.2 Å². The van der Waals surface area contributed by atoms with E-state index in [0.29, 0.717) is 11.0 Å². The molecule has 7 heteroatoms. The molecule has 0 saturated heterocycles. The van der Waals surface area contributed by atoms with Gasteiger partial charge in [-0.2, -0.15) is 4.98 Å². The molecule has 0 radical (unpaired) electrons. The van der Waals surface area contributed by atoms with Crippen LogP contribution in [-0.4, -0.2) is 25.9 Å². The molecule has 0 spiro atoms. The van der Waals surface area contributed by atoms with E-state index < -0.39 is 0 Å². The Morgan fingerprint density at radius 2 is 1.53 bits per heavy atom. The molecule has 0 saturated carbocycles. The molecule has 0 bridgehead atoms. The van der Waals surface area contributed by atoms with Gasteiger partial charge in [0, 0.05) is 38.7 Å². The quantitative estimate of drug-likeness (QED) is 0.662. The number of hydrogen-bond donors (Lipinski definition) is 0. The molecule has 7 nitrogen and oxygen atoms in total. The zero-order valence-corrected chi connectivity index (χ0v) is 18.7. The van der Waals surface area contributed by atoms with E-state index in [2.05, 4.69) is 17.1 Å². The molecule has 30 heavy (non-hydrogen) atoms. The summed E-state index contributed by atoms with van der Waals surface area (Å²) < 4.78 is 3.07. The number of carbonyl (C=O) groups excluding carboxylic acids is 2. The van der Waals surface area contributed by atoms with Crippen molar-refractivity contribution in [2.75, 3.05) is 4.90 Å². The molecule has 2 heterocycles. The van der Waals surface area contributed by atoms with Crippen molar-refractivity contribution in [1.82, 2.24) is 14.1 Å². The van der Waals surface area contributed by atoms with Crippen molar-refractivity contribution >= 4 is 28.8 Å². The van der Waals surface area contributed by atoms with Crippen LogP contribution < -0.4 is 10.5 Å². The number of rotatable bonds is 4. The van der Waals surface area contributed by atoms with Crippen molar-refractivity contribution in [3.05, 3.63) is 45.4 Å². The SMILES string of the molecule is CCC(=O)N(C(=O)CC)c1nc2c(c(-c3c(C)cc(C)cc3C)cn2C)c(=O)n1C. The molecule has 1 aromatic carbocycles. The van der Waals surface area contributed by atoms with Crippen molar-refractivity contribution in [1.29, 1.82) is 0 Å². The molecule has 158 valence electrons. The van der Waals surface area contributed by atoms with E-state index in [4.69, 9.17) is 0 Å². The van der Waals surface area contributed by atoms with Gasteiger partial charge in [0.05, 0.1) is 5.39 Å². The standard InChI is InChI=1S/C23H28N4O3/c1-8-17(28)27(18(29)9-2)23-24-21-20(22(30)26(23)7)16(12-25(21)6)19-14(4)10-13(3)11-15(19)5/h10-12H,8-9H2,1-7H3. The van der Waals surface area contributed by atoms with Gasteiger partial charge >= 0.3 is 0 Å². The fourth-order valence-electron chi connectivity index (χ4n) is 4.06. The smallest absolute Gasteiger partial charge is 0.264 e. The summed E-state index contributed by atoms with van der Waals surface area (Å²) in [5, 5.41) is 0.478. The fourth-order valence-corrected chi connectivity index (χ4v) is 4.06. The number of anilines is 1. The average molecular weight is 409 g/mol. The molecule has 2 aromatic heterocycles. The monoisotopic (exact) mass is 408 g/mol. The third kappa shape index (κ3) is 3.34. The topological polar surface area (TPSA) is 77.2 Å². The number of amides is 2. The average Bonchev–Trinajstić information content (AvgIpc) is 3.00. The van der Waals surface area contributed by atoms with Crippen molar-refractivity contribution in [2.45, 2.75) is 47.5 Å². The maximum atomic E-state index is 13.4. The molecule has 2 amide bonds. The first-order chi connectivity index (χ1) is 14.1. The Hall–Kier alpha value is -3.22. The Morgan fingerprint density at radius 1 is 1.00 bits per heavy atom. The van der Waals surface area contributed by atoms with E-state index in [9.17, 15) is 14.4 Å². The van der Waals surface area contributed by atoms with Gasteiger partial charge in [-0.25, -0.2) is 4.90 Å². The summed E-state index contributed by atoms with van der Waals surface area (Å²) in [5.74, 6) is -0.719.